The van der Waals surface area contributed by atoms with E-state index < -0.39 is 11.7 Å². The Labute approximate surface area is 195 Å². The van der Waals surface area contributed by atoms with E-state index in [1.54, 1.807) is 24.1 Å². The van der Waals surface area contributed by atoms with Crippen LogP contribution in [0.3, 0.4) is 0 Å². The summed E-state index contributed by atoms with van der Waals surface area (Å²) in [6.45, 7) is 2.96. The van der Waals surface area contributed by atoms with Gasteiger partial charge in [0.2, 0.25) is 6.41 Å². The maximum atomic E-state index is 15.2. The molecule has 0 saturated carbocycles. The van der Waals surface area contributed by atoms with Crippen molar-refractivity contribution >= 4 is 12.5 Å². The normalized spacial score (nSPS) is 12.6. The molecular weight excluding hydrogens is 423 g/mol. The van der Waals surface area contributed by atoms with Gasteiger partial charge in [-0.25, -0.2) is 9.18 Å². The largest absolute Gasteiger partial charge is 0.453 e. The lowest BCUT2D eigenvalue weighted by Crippen LogP contribution is -2.30. The Bertz CT molecular complexity index is 921. The Hall–Kier alpha value is -2.93. The zero-order chi connectivity index (χ0) is 24.3. The lowest BCUT2D eigenvalue weighted by Gasteiger charge is -2.32. The van der Waals surface area contributed by atoms with Crippen LogP contribution >= 0.6 is 0 Å². The topological polar surface area (TPSA) is 78.9 Å². The minimum absolute atomic E-state index is 0.332. The Kier molecular flexibility index (Phi) is 10.3. The van der Waals surface area contributed by atoms with E-state index in [-0.39, 0.29) is 5.82 Å². The molecule has 33 heavy (non-hydrogen) atoms. The summed E-state index contributed by atoms with van der Waals surface area (Å²) in [5, 5.41) is 14.5. The molecule has 2 N–H and O–H groups in total. The number of methoxy groups -OCH3 is 1. The van der Waals surface area contributed by atoms with Gasteiger partial charge in [-0.3, -0.25) is 4.79 Å². The maximum Gasteiger partial charge on any atom is 0.406 e. The summed E-state index contributed by atoms with van der Waals surface area (Å²) < 4.78 is 19.8. The van der Waals surface area contributed by atoms with Crippen LogP contribution in [0, 0.1) is 5.82 Å². The van der Waals surface area contributed by atoms with E-state index >= 15 is 4.39 Å². The van der Waals surface area contributed by atoms with Gasteiger partial charge in [0.05, 0.1) is 12.7 Å². The molecule has 0 aliphatic carbocycles. The number of hydrogen-bond donors (Lipinski definition) is 2. The van der Waals surface area contributed by atoms with Gasteiger partial charge in [0.25, 0.3) is 0 Å². The van der Waals surface area contributed by atoms with Crippen molar-refractivity contribution in [2.45, 2.75) is 51.0 Å². The first-order valence-electron chi connectivity index (χ1n) is 11.4. The van der Waals surface area contributed by atoms with E-state index in [0.29, 0.717) is 56.3 Å². The second kappa shape index (κ2) is 12.9. The number of unbranched alkanes of at least 4 members (excludes halogenated alkanes) is 1. The molecule has 0 saturated heterocycles. The molecule has 0 bridgehead atoms. The van der Waals surface area contributed by atoms with Crippen LogP contribution in [-0.4, -0.2) is 49.8 Å². The highest BCUT2D eigenvalue weighted by Gasteiger charge is 2.32. The van der Waals surface area contributed by atoms with Crippen molar-refractivity contribution in [3.63, 3.8) is 0 Å². The highest BCUT2D eigenvalue weighted by Crippen LogP contribution is 2.40. The summed E-state index contributed by atoms with van der Waals surface area (Å²) in [6.07, 6.45) is 3.68. The first-order valence-corrected chi connectivity index (χ1v) is 11.4. The number of halogens is 1. The van der Waals surface area contributed by atoms with E-state index in [1.165, 1.54) is 13.2 Å². The van der Waals surface area contributed by atoms with Crippen molar-refractivity contribution in [3.05, 3.63) is 59.4 Å². The molecule has 0 aliphatic rings. The van der Waals surface area contributed by atoms with Crippen molar-refractivity contribution < 1.29 is 23.8 Å². The third kappa shape index (κ3) is 7.56. The number of aryl methyl sites for hydroxylation is 1. The van der Waals surface area contributed by atoms with E-state index in [0.717, 1.165) is 24.0 Å². The second-order valence-electron chi connectivity index (χ2n) is 8.31. The molecule has 180 valence electrons. The fourth-order valence-corrected chi connectivity index (χ4v) is 4.02. The van der Waals surface area contributed by atoms with Crippen molar-refractivity contribution in [1.82, 2.24) is 10.2 Å². The molecule has 1 atom stereocenters. The van der Waals surface area contributed by atoms with Gasteiger partial charge in [-0.2, -0.15) is 0 Å². The van der Waals surface area contributed by atoms with E-state index in [4.69, 9.17) is 0 Å². The Balaban J connectivity index is 2.35. The number of amides is 2. The van der Waals surface area contributed by atoms with Crippen LogP contribution in [0.1, 0.15) is 50.2 Å². The first-order chi connectivity index (χ1) is 15.8. The van der Waals surface area contributed by atoms with Crippen molar-refractivity contribution in [1.29, 1.82) is 0 Å². The molecule has 0 unspecified atom stereocenters. The molecule has 2 rings (SSSR count). The number of aliphatic hydroxyl groups is 1. The van der Waals surface area contributed by atoms with Gasteiger partial charge in [-0.15, -0.1) is 0 Å². The standard InChI is InChI=1S/C26H35FN2O4/c1-4-20-10-7-11-21(18-20)24-22(12-8-13-23(24)27)26(32,14-5-6-17-29(2)19-30)15-9-16-28-25(31)33-3/h7-8,10-13,18-19,32H,4-6,9,14-17H2,1-3H3,(H,28,31)/t26-/m0/s1. The Morgan fingerprint density at radius 3 is 2.61 bits per heavy atom. The number of benzene rings is 2. The van der Waals surface area contributed by atoms with Crippen molar-refractivity contribution in [3.8, 4) is 11.1 Å². The lowest BCUT2D eigenvalue weighted by atomic mass is 9.80. The number of nitrogens with one attached hydrogen (secondary N) is 1. The molecule has 0 heterocycles. The monoisotopic (exact) mass is 458 g/mol. The number of carbonyl (C=O) groups is 2. The van der Waals surface area contributed by atoms with Crippen LogP contribution in [0.4, 0.5) is 9.18 Å². The second-order valence-corrected chi connectivity index (χ2v) is 8.31. The predicted octanol–water partition coefficient (Wildman–Crippen LogP) is 4.64. The molecule has 6 nitrogen and oxygen atoms in total. The minimum Gasteiger partial charge on any atom is -0.453 e. The van der Waals surface area contributed by atoms with E-state index in [9.17, 15) is 14.7 Å². The molecule has 0 aliphatic heterocycles. The van der Waals surface area contributed by atoms with Crippen LogP contribution in [-0.2, 0) is 21.6 Å². The molecule has 2 aromatic carbocycles. The molecule has 0 fully saturated rings. The molecule has 0 spiro atoms. The summed E-state index contributed by atoms with van der Waals surface area (Å²) in [5.41, 5.74) is 1.47. The molecule has 2 amide bonds. The van der Waals surface area contributed by atoms with Gasteiger partial charge in [0.15, 0.2) is 0 Å². The fraction of sp³-hybridized carbons (Fsp3) is 0.462. The third-order valence-electron chi connectivity index (χ3n) is 5.89. The fourth-order valence-electron chi connectivity index (χ4n) is 4.02. The van der Waals surface area contributed by atoms with Gasteiger partial charge >= 0.3 is 6.09 Å². The molecule has 7 heteroatoms. The van der Waals surface area contributed by atoms with Crippen molar-refractivity contribution in [2.24, 2.45) is 0 Å². The quantitative estimate of drug-likeness (QED) is 0.339. The average Bonchev–Trinajstić information content (AvgIpc) is 2.84. The summed E-state index contributed by atoms with van der Waals surface area (Å²) in [5.74, 6) is -0.382. The first kappa shape index (κ1) is 26.3. The van der Waals surface area contributed by atoms with Gasteiger partial charge in [0, 0.05) is 25.7 Å². The summed E-state index contributed by atoms with van der Waals surface area (Å²) in [4.78, 5) is 23.8. The van der Waals surface area contributed by atoms with Gasteiger partial charge in [-0.1, -0.05) is 43.3 Å². The minimum atomic E-state index is -1.29. The highest BCUT2D eigenvalue weighted by atomic mass is 19.1. The number of nitrogens with zero attached hydrogens (tertiary/aromatic N) is 1. The average molecular weight is 459 g/mol. The zero-order valence-electron chi connectivity index (χ0n) is 19.8. The number of carbonyl (C=O) groups excluding carboxylic acids is 2. The number of alkyl carbamates (subject to hydrolysis) is 1. The summed E-state index contributed by atoms with van der Waals surface area (Å²) in [6, 6.07) is 12.5. The Morgan fingerprint density at radius 2 is 1.91 bits per heavy atom. The SMILES string of the molecule is CCc1cccc(-c2c(F)cccc2[C@](O)(CCCCN(C)C=O)CCCNC(=O)OC)c1. The van der Waals surface area contributed by atoms with Gasteiger partial charge in [0.1, 0.15) is 5.82 Å². The van der Waals surface area contributed by atoms with E-state index in [2.05, 4.69) is 10.1 Å². The van der Waals surface area contributed by atoms with Crippen LogP contribution in [0.15, 0.2) is 42.5 Å². The smallest absolute Gasteiger partial charge is 0.406 e. The number of ether oxygens (including phenoxy) is 1. The summed E-state index contributed by atoms with van der Waals surface area (Å²) >= 11 is 0. The van der Waals surface area contributed by atoms with Crippen LogP contribution in [0.25, 0.3) is 11.1 Å². The number of hydrogen-bond acceptors (Lipinski definition) is 4. The van der Waals surface area contributed by atoms with Gasteiger partial charge < -0.3 is 20.1 Å². The third-order valence-corrected chi connectivity index (χ3v) is 5.89. The highest BCUT2D eigenvalue weighted by molar-refractivity contribution is 5.70. The zero-order valence-corrected chi connectivity index (χ0v) is 19.8. The number of rotatable bonds is 13. The predicted molar refractivity (Wildman–Crippen MR) is 127 cm³/mol. The Morgan fingerprint density at radius 1 is 1.18 bits per heavy atom. The molecular formula is C26H35FN2O4. The molecule has 2 aromatic rings. The lowest BCUT2D eigenvalue weighted by molar-refractivity contribution is -0.117. The van der Waals surface area contributed by atoms with Crippen LogP contribution < -0.4 is 5.32 Å². The molecule has 0 aromatic heterocycles. The van der Waals surface area contributed by atoms with Crippen LogP contribution in [0.2, 0.25) is 0 Å². The van der Waals surface area contributed by atoms with E-state index in [1.807, 2.05) is 31.2 Å². The maximum absolute atomic E-state index is 15.2. The van der Waals surface area contributed by atoms with Crippen LogP contribution in [0.5, 0.6) is 0 Å². The van der Waals surface area contributed by atoms with Crippen molar-refractivity contribution in [2.75, 3.05) is 27.2 Å². The summed E-state index contributed by atoms with van der Waals surface area (Å²) in [7, 11) is 3.01. The van der Waals surface area contributed by atoms with Gasteiger partial charge in [-0.05, 0) is 61.3 Å². The molecule has 0 radical (unpaired) electrons.